The molecule has 2 atom stereocenters. The topological polar surface area (TPSA) is 62.7 Å². The van der Waals surface area contributed by atoms with Gasteiger partial charge in [-0.25, -0.2) is 0 Å². The van der Waals surface area contributed by atoms with Crippen molar-refractivity contribution in [3.05, 3.63) is 54.4 Å². The first kappa shape index (κ1) is 17.7. The quantitative estimate of drug-likeness (QED) is 0.788. The molecule has 0 bridgehead atoms. The van der Waals surface area contributed by atoms with Crippen LogP contribution >= 0.6 is 7.37 Å². The van der Waals surface area contributed by atoms with Crippen LogP contribution in [0.15, 0.2) is 48.8 Å². The number of aliphatic hydroxyl groups is 1. The smallest absolute Gasteiger partial charge is 0.264 e. The van der Waals surface area contributed by atoms with Crippen LogP contribution in [0.2, 0.25) is 0 Å². The Morgan fingerprint density at radius 1 is 1.17 bits per heavy atom. The van der Waals surface area contributed by atoms with E-state index in [1.54, 1.807) is 36.7 Å². The van der Waals surface area contributed by atoms with Crippen LogP contribution in [0, 0.1) is 0 Å². The summed E-state index contributed by atoms with van der Waals surface area (Å²) < 4.78 is 19.1. The summed E-state index contributed by atoms with van der Waals surface area (Å²) in [7, 11) is 0.435. The average molecular weight is 334 g/mol. The summed E-state index contributed by atoms with van der Waals surface area (Å²) in [5, 5.41) is 11.2. The van der Waals surface area contributed by atoms with Gasteiger partial charge in [0.15, 0.2) is 5.85 Å². The molecule has 0 unspecified atom stereocenters. The molecule has 6 heteroatoms. The van der Waals surface area contributed by atoms with Gasteiger partial charge in [0.05, 0.1) is 6.61 Å². The molecular formula is C17H23N2O3P. The molecular weight excluding hydrogens is 311 g/mol. The number of aromatic nitrogens is 1. The van der Waals surface area contributed by atoms with E-state index in [1.165, 1.54) is 0 Å². The number of aliphatic hydroxyl groups excluding tert-OH is 1. The van der Waals surface area contributed by atoms with Crippen molar-refractivity contribution in [2.24, 2.45) is 0 Å². The fraction of sp³-hybridized carbons (Fsp3) is 0.353. The standard InChI is InChI=1S/C17H23N2O3P/c1-4-13-22-23(21,17(20)14-9-11-18-12-10-14)16-7-5-15(6-8-16)19(2)3/h5-12,17,20H,4,13H2,1-3H3/t17-,23-/m0/s1. The van der Waals surface area contributed by atoms with Gasteiger partial charge in [0.25, 0.3) is 7.37 Å². The number of hydrogen-bond acceptors (Lipinski definition) is 5. The molecule has 0 amide bonds. The Hall–Kier alpha value is -1.68. The fourth-order valence-electron chi connectivity index (χ4n) is 2.20. The van der Waals surface area contributed by atoms with Crippen LogP contribution < -0.4 is 10.2 Å². The lowest BCUT2D eigenvalue weighted by Gasteiger charge is -2.25. The summed E-state index contributed by atoms with van der Waals surface area (Å²) in [5.74, 6) is -1.21. The molecule has 0 spiro atoms. The summed E-state index contributed by atoms with van der Waals surface area (Å²) in [6, 6.07) is 10.6. The second-order valence-corrected chi connectivity index (χ2v) is 7.95. The minimum Gasteiger partial charge on any atom is -0.378 e. The van der Waals surface area contributed by atoms with Crippen molar-refractivity contribution in [3.63, 3.8) is 0 Å². The van der Waals surface area contributed by atoms with E-state index in [0.29, 0.717) is 17.5 Å². The SMILES string of the molecule is CCCO[P@@](=O)(c1ccc(N(C)C)cc1)[C@H](O)c1ccncc1. The highest BCUT2D eigenvalue weighted by Crippen LogP contribution is 2.57. The Balaban J connectivity index is 2.40. The Kier molecular flexibility index (Phi) is 5.94. The molecule has 0 saturated heterocycles. The van der Waals surface area contributed by atoms with Crippen molar-refractivity contribution in [3.8, 4) is 0 Å². The van der Waals surface area contributed by atoms with Gasteiger partial charge in [-0.1, -0.05) is 6.92 Å². The van der Waals surface area contributed by atoms with E-state index in [2.05, 4.69) is 4.98 Å². The number of hydrogen-bond donors (Lipinski definition) is 1. The second kappa shape index (κ2) is 7.73. The van der Waals surface area contributed by atoms with Crippen LogP contribution in [-0.4, -0.2) is 30.8 Å². The zero-order chi connectivity index (χ0) is 16.9. The van der Waals surface area contributed by atoms with Gasteiger partial charge in [0, 0.05) is 37.5 Å². The van der Waals surface area contributed by atoms with Crippen LogP contribution in [0.3, 0.4) is 0 Å². The number of pyridine rings is 1. The zero-order valence-corrected chi connectivity index (χ0v) is 14.6. The lowest BCUT2D eigenvalue weighted by molar-refractivity contribution is 0.214. The van der Waals surface area contributed by atoms with Gasteiger partial charge in [-0.2, -0.15) is 0 Å². The van der Waals surface area contributed by atoms with E-state index in [0.717, 1.165) is 12.1 Å². The van der Waals surface area contributed by atoms with E-state index < -0.39 is 13.2 Å². The first-order valence-corrected chi connectivity index (χ1v) is 9.28. The minimum atomic E-state index is -3.44. The predicted molar refractivity (Wildman–Crippen MR) is 93.4 cm³/mol. The molecule has 23 heavy (non-hydrogen) atoms. The summed E-state index contributed by atoms with van der Waals surface area (Å²) in [5.41, 5.74) is 1.53. The zero-order valence-electron chi connectivity index (χ0n) is 13.7. The minimum absolute atomic E-state index is 0.328. The Labute approximate surface area is 137 Å². The predicted octanol–water partition coefficient (Wildman–Crippen LogP) is 3.17. The van der Waals surface area contributed by atoms with Crippen molar-refractivity contribution >= 4 is 18.4 Å². The van der Waals surface area contributed by atoms with Gasteiger partial charge in [0.2, 0.25) is 0 Å². The molecule has 0 aliphatic heterocycles. The van der Waals surface area contributed by atoms with Gasteiger partial charge >= 0.3 is 0 Å². The van der Waals surface area contributed by atoms with Crippen molar-refractivity contribution in [2.45, 2.75) is 19.2 Å². The molecule has 1 N–H and O–H groups in total. The van der Waals surface area contributed by atoms with E-state index >= 15 is 0 Å². The van der Waals surface area contributed by atoms with Gasteiger partial charge in [0.1, 0.15) is 0 Å². The molecule has 0 saturated carbocycles. The third kappa shape index (κ3) is 3.99. The molecule has 2 aromatic rings. The number of anilines is 1. The number of rotatable bonds is 7. The van der Waals surface area contributed by atoms with Crippen LogP contribution in [0.25, 0.3) is 0 Å². The van der Waals surface area contributed by atoms with Crippen LogP contribution in [-0.2, 0) is 9.09 Å². The molecule has 5 nitrogen and oxygen atoms in total. The van der Waals surface area contributed by atoms with Gasteiger partial charge in [-0.15, -0.1) is 0 Å². The highest BCUT2D eigenvalue weighted by molar-refractivity contribution is 7.67. The average Bonchev–Trinajstić information content (AvgIpc) is 2.59. The summed E-state index contributed by atoms with van der Waals surface area (Å²) in [4.78, 5) is 5.89. The van der Waals surface area contributed by atoms with Crippen molar-refractivity contribution < 1.29 is 14.2 Å². The Bertz CT molecular complexity index is 659. The van der Waals surface area contributed by atoms with Gasteiger partial charge in [-0.05, 0) is 48.4 Å². The highest BCUT2D eigenvalue weighted by atomic mass is 31.2. The first-order valence-electron chi connectivity index (χ1n) is 7.59. The fourth-order valence-corrected chi connectivity index (χ4v) is 4.36. The van der Waals surface area contributed by atoms with Crippen molar-refractivity contribution in [1.82, 2.24) is 4.98 Å². The molecule has 0 aliphatic carbocycles. The first-order chi connectivity index (χ1) is 11.0. The molecule has 2 rings (SSSR count). The molecule has 0 fully saturated rings. The Morgan fingerprint density at radius 3 is 2.30 bits per heavy atom. The maximum Gasteiger partial charge on any atom is 0.264 e. The molecule has 1 aromatic carbocycles. The number of benzene rings is 1. The second-order valence-electron chi connectivity index (χ2n) is 5.50. The van der Waals surface area contributed by atoms with E-state index in [4.69, 9.17) is 4.52 Å². The van der Waals surface area contributed by atoms with Crippen LogP contribution in [0.1, 0.15) is 24.8 Å². The maximum atomic E-state index is 13.4. The van der Waals surface area contributed by atoms with Crippen LogP contribution in [0.5, 0.6) is 0 Å². The molecule has 0 radical (unpaired) electrons. The highest BCUT2D eigenvalue weighted by Gasteiger charge is 2.36. The monoisotopic (exact) mass is 334 g/mol. The van der Waals surface area contributed by atoms with E-state index in [9.17, 15) is 9.67 Å². The largest absolute Gasteiger partial charge is 0.378 e. The molecule has 124 valence electrons. The number of nitrogens with zero attached hydrogens (tertiary/aromatic N) is 2. The van der Waals surface area contributed by atoms with Crippen LogP contribution in [0.4, 0.5) is 5.69 Å². The lowest BCUT2D eigenvalue weighted by atomic mass is 10.3. The summed E-state index contributed by atoms with van der Waals surface area (Å²) >= 11 is 0. The Morgan fingerprint density at radius 2 is 1.78 bits per heavy atom. The summed E-state index contributed by atoms with van der Waals surface area (Å²) in [6.45, 7) is 2.27. The van der Waals surface area contributed by atoms with E-state index in [1.807, 2.05) is 38.1 Å². The maximum absolute atomic E-state index is 13.4. The lowest BCUT2D eigenvalue weighted by Crippen LogP contribution is -2.16. The van der Waals surface area contributed by atoms with Gasteiger partial charge in [-0.3, -0.25) is 9.55 Å². The third-order valence-corrected chi connectivity index (χ3v) is 6.07. The normalized spacial score (nSPS) is 15.0. The van der Waals surface area contributed by atoms with Crippen molar-refractivity contribution in [2.75, 3.05) is 25.6 Å². The third-order valence-electron chi connectivity index (χ3n) is 3.54. The summed E-state index contributed by atoms with van der Waals surface area (Å²) in [6.07, 6.45) is 3.86. The van der Waals surface area contributed by atoms with Crippen molar-refractivity contribution in [1.29, 1.82) is 0 Å². The molecule has 0 aliphatic rings. The van der Waals surface area contributed by atoms with Gasteiger partial charge < -0.3 is 14.5 Å². The molecule has 1 aromatic heterocycles. The molecule has 1 heterocycles. The van der Waals surface area contributed by atoms with E-state index in [-0.39, 0.29) is 0 Å².